The molecule has 1 unspecified atom stereocenters. The molecule has 4 heteroatoms. The molecular formula is C17H14ClFN2. The van der Waals surface area contributed by atoms with Crippen molar-refractivity contribution in [3.63, 3.8) is 0 Å². The number of nitrogens with one attached hydrogen (secondary N) is 1. The van der Waals surface area contributed by atoms with Crippen LogP contribution in [0.4, 0.5) is 10.1 Å². The van der Waals surface area contributed by atoms with Crippen molar-refractivity contribution in [2.45, 2.75) is 13.0 Å². The van der Waals surface area contributed by atoms with Gasteiger partial charge in [0.25, 0.3) is 0 Å². The third-order valence-electron chi connectivity index (χ3n) is 3.46. The molecule has 1 aromatic heterocycles. The Morgan fingerprint density at radius 2 is 2.00 bits per heavy atom. The van der Waals surface area contributed by atoms with Crippen LogP contribution in [0.3, 0.4) is 0 Å². The van der Waals surface area contributed by atoms with Crippen LogP contribution in [0.1, 0.15) is 18.5 Å². The minimum atomic E-state index is -0.401. The molecule has 0 fully saturated rings. The van der Waals surface area contributed by atoms with Gasteiger partial charge in [-0.1, -0.05) is 23.7 Å². The van der Waals surface area contributed by atoms with Gasteiger partial charge in [-0.25, -0.2) is 4.39 Å². The maximum Gasteiger partial charge on any atom is 0.141 e. The van der Waals surface area contributed by atoms with E-state index < -0.39 is 5.82 Å². The maximum atomic E-state index is 13.2. The fourth-order valence-electron chi connectivity index (χ4n) is 2.33. The number of halogens is 2. The SMILES string of the molecule is CC(Nc1cccc2ncccc12)c1ccc(F)c(Cl)c1. The number of aromatic nitrogens is 1. The summed E-state index contributed by atoms with van der Waals surface area (Å²) in [5.41, 5.74) is 2.86. The van der Waals surface area contributed by atoms with E-state index in [9.17, 15) is 4.39 Å². The summed E-state index contributed by atoms with van der Waals surface area (Å²) in [7, 11) is 0. The number of fused-ring (bicyclic) bond motifs is 1. The normalized spacial score (nSPS) is 12.3. The summed E-state index contributed by atoms with van der Waals surface area (Å²) >= 11 is 5.84. The van der Waals surface area contributed by atoms with Gasteiger partial charge in [0.2, 0.25) is 0 Å². The van der Waals surface area contributed by atoms with Gasteiger partial charge in [-0.05, 0) is 48.9 Å². The standard InChI is InChI=1S/C17H14ClFN2/c1-11(12-7-8-15(19)14(18)10-12)21-17-6-2-5-16-13(17)4-3-9-20-16/h2-11,21H,1H3. The lowest BCUT2D eigenvalue weighted by molar-refractivity contribution is 0.627. The van der Waals surface area contributed by atoms with E-state index in [1.54, 1.807) is 18.3 Å². The molecule has 1 atom stereocenters. The summed E-state index contributed by atoms with van der Waals surface area (Å²) in [6.45, 7) is 2.01. The highest BCUT2D eigenvalue weighted by Gasteiger charge is 2.10. The summed E-state index contributed by atoms with van der Waals surface area (Å²) in [4.78, 5) is 4.34. The molecule has 21 heavy (non-hydrogen) atoms. The Kier molecular flexibility index (Phi) is 3.76. The van der Waals surface area contributed by atoms with Gasteiger partial charge < -0.3 is 5.32 Å². The van der Waals surface area contributed by atoms with Crippen molar-refractivity contribution in [2.75, 3.05) is 5.32 Å². The average molecular weight is 301 g/mol. The summed E-state index contributed by atoms with van der Waals surface area (Å²) in [5.74, 6) is -0.401. The third-order valence-corrected chi connectivity index (χ3v) is 3.75. The lowest BCUT2D eigenvalue weighted by Gasteiger charge is -2.17. The number of hydrogen-bond donors (Lipinski definition) is 1. The number of pyridine rings is 1. The van der Waals surface area contributed by atoms with E-state index in [2.05, 4.69) is 10.3 Å². The van der Waals surface area contributed by atoms with Crippen LogP contribution in [-0.4, -0.2) is 4.98 Å². The molecule has 1 heterocycles. The minimum Gasteiger partial charge on any atom is -0.378 e. The molecule has 3 rings (SSSR count). The molecular weight excluding hydrogens is 287 g/mol. The quantitative estimate of drug-likeness (QED) is 0.719. The van der Waals surface area contributed by atoms with Gasteiger partial charge in [-0.2, -0.15) is 0 Å². The van der Waals surface area contributed by atoms with Crippen LogP contribution in [0.2, 0.25) is 5.02 Å². The highest BCUT2D eigenvalue weighted by molar-refractivity contribution is 6.30. The van der Waals surface area contributed by atoms with E-state index in [1.807, 2.05) is 37.3 Å². The van der Waals surface area contributed by atoms with Crippen molar-refractivity contribution in [3.05, 3.63) is 71.1 Å². The van der Waals surface area contributed by atoms with Crippen molar-refractivity contribution in [1.82, 2.24) is 4.98 Å². The van der Waals surface area contributed by atoms with Gasteiger partial charge in [0, 0.05) is 23.3 Å². The molecule has 0 saturated heterocycles. The zero-order valence-corrected chi connectivity index (χ0v) is 12.2. The highest BCUT2D eigenvalue weighted by Crippen LogP contribution is 2.27. The van der Waals surface area contributed by atoms with Crippen LogP contribution >= 0.6 is 11.6 Å². The molecule has 0 aliphatic rings. The summed E-state index contributed by atoms with van der Waals surface area (Å²) in [6.07, 6.45) is 1.77. The van der Waals surface area contributed by atoms with E-state index in [0.717, 1.165) is 22.2 Å². The minimum absolute atomic E-state index is 0.00825. The zero-order chi connectivity index (χ0) is 14.8. The number of nitrogens with zero attached hydrogens (tertiary/aromatic N) is 1. The molecule has 0 amide bonds. The fraction of sp³-hybridized carbons (Fsp3) is 0.118. The van der Waals surface area contributed by atoms with Crippen molar-refractivity contribution in [2.24, 2.45) is 0 Å². The average Bonchev–Trinajstić information content (AvgIpc) is 2.50. The topological polar surface area (TPSA) is 24.9 Å². The first-order valence-corrected chi connectivity index (χ1v) is 7.08. The Bertz CT molecular complexity index is 783. The monoisotopic (exact) mass is 300 g/mol. The lowest BCUT2D eigenvalue weighted by Crippen LogP contribution is -2.07. The number of anilines is 1. The van der Waals surface area contributed by atoms with Crippen LogP contribution in [0.5, 0.6) is 0 Å². The Morgan fingerprint density at radius 3 is 2.81 bits per heavy atom. The van der Waals surface area contributed by atoms with E-state index in [-0.39, 0.29) is 11.1 Å². The number of benzene rings is 2. The Labute approximate surface area is 127 Å². The van der Waals surface area contributed by atoms with Gasteiger partial charge in [0.15, 0.2) is 0 Å². The largest absolute Gasteiger partial charge is 0.378 e. The molecule has 0 saturated carbocycles. The predicted molar refractivity (Wildman–Crippen MR) is 85.2 cm³/mol. The molecule has 0 spiro atoms. The summed E-state index contributed by atoms with van der Waals surface area (Å²) in [6, 6.07) is 14.7. The van der Waals surface area contributed by atoms with Gasteiger partial charge >= 0.3 is 0 Å². The predicted octanol–water partition coefficient (Wildman–Crippen LogP) is 5.20. The van der Waals surface area contributed by atoms with Crippen LogP contribution < -0.4 is 5.32 Å². The number of rotatable bonds is 3. The first kappa shape index (κ1) is 13.8. The van der Waals surface area contributed by atoms with Crippen LogP contribution in [0.25, 0.3) is 10.9 Å². The smallest absolute Gasteiger partial charge is 0.141 e. The van der Waals surface area contributed by atoms with Crippen molar-refractivity contribution in [1.29, 1.82) is 0 Å². The molecule has 3 aromatic rings. The Hall–Kier alpha value is -2.13. The van der Waals surface area contributed by atoms with E-state index in [0.29, 0.717) is 0 Å². The summed E-state index contributed by atoms with van der Waals surface area (Å²) in [5, 5.41) is 4.62. The second-order valence-electron chi connectivity index (χ2n) is 4.92. The van der Waals surface area contributed by atoms with Crippen LogP contribution in [-0.2, 0) is 0 Å². The first-order valence-electron chi connectivity index (χ1n) is 6.70. The van der Waals surface area contributed by atoms with Crippen molar-refractivity contribution >= 4 is 28.2 Å². The summed E-state index contributed by atoms with van der Waals surface area (Å²) < 4.78 is 13.2. The van der Waals surface area contributed by atoms with E-state index in [1.165, 1.54) is 6.07 Å². The van der Waals surface area contributed by atoms with Gasteiger partial charge in [-0.3, -0.25) is 4.98 Å². The Morgan fingerprint density at radius 1 is 1.14 bits per heavy atom. The second-order valence-corrected chi connectivity index (χ2v) is 5.32. The fourth-order valence-corrected chi connectivity index (χ4v) is 2.52. The molecule has 2 aromatic carbocycles. The molecule has 1 N–H and O–H groups in total. The van der Waals surface area contributed by atoms with Crippen LogP contribution in [0.15, 0.2) is 54.7 Å². The van der Waals surface area contributed by atoms with E-state index >= 15 is 0 Å². The Balaban J connectivity index is 1.92. The first-order chi connectivity index (χ1) is 10.1. The molecule has 2 nitrogen and oxygen atoms in total. The molecule has 106 valence electrons. The van der Waals surface area contributed by atoms with Crippen molar-refractivity contribution in [3.8, 4) is 0 Å². The lowest BCUT2D eigenvalue weighted by atomic mass is 10.1. The second kappa shape index (κ2) is 5.70. The molecule has 0 bridgehead atoms. The van der Waals surface area contributed by atoms with Crippen molar-refractivity contribution < 1.29 is 4.39 Å². The molecule has 0 radical (unpaired) electrons. The highest BCUT2D eigenvalue weighted by atomic mass is 35.5. The molecule has 0 aliphatic heterocycles. The zero-order valence-electron chi connectivity index (χ0n) is 11.5. The number of hydrogen-bond acceptors (Lipinski definition) is 2. The van der Waals surface area contributed by atoms with Gasteiger partial charge in [-0.15, -0.1) is 0 Å². The van der Waals surface area contributed by atoms with E-state index in [4.69, 9.17) is 11.6 Å². The third kappa shape index (κ3) is 2.83. The van der Waals surface area contributed by atoms with Gasteiger partial charge in [0.05, 0.1) is 10.5 Å². The molecule has 0 aliphatic carbocycles. The maximum absolute atomic E-state index is 13.2. The van der Waals surface area contributed by atoms with Crippen LogP contribution in [0, 0.1) is 5.82 Å². The van der Waals surface area contributed by atoms with Gasteiger partial charge in [0.1, 0.15) is 5.82 Å².